The first-order valence-electron chi connectivity index (χ1n) is 5.90. The SMILES string of the molecule is CCN(Cc1ccc(Cl)s1)C(=O)c1ccccc1Br. The van der Waals surface area contributed by atoms with E-state index in [1.807, 2.05) is 48.2 Å². The molecule has 1 aromatic heterocycles. The van der Waals surface area contributed by atoms with Gasteiger partial charge < -0.3 is 4.90 Å². The molecule has 0 fully saturated rings. The van der Waals surface area contributed by atoms with Crippen molar-refractivity contribution < 1.29 is 4.79 Å². The third-order valence-corrected chi connectivity index (χ3v) is 4.66. The summed E-state index contributed by atoms with van der Waals surface area (Å²) in [7, 11) is 0. The fourth-order valence-corrected chi connectivity index (χ4v) is 3.31. The summed E-state index contributed by atoms with van der Waals surface area (Å²) in [6.07, 6.45) is 0. The molecule has 0 unspecified atom stereocenters. The predicted molar refractivity (Wildman–Crippen MR) is 83.9 cm³/mol. The van der Waals surface area contributed by atoms with Gasteiger partial charge in [-0.3, -0.25) is 4.79 Å². The van der Waals surface area contributed by atoms with Gasteiger partial charge in [-0.25, -0.2) is 0 Å². The number of nitrogens with zero attached hydrogens (tertiary/aromatic N) is 1. The number of halogens is 2. The molecule has 0 aliphatic carbocycles. The molecule has 5 heteroatoms. The first kappa shape index (κ1) is 14.6. The molecule has 0 radical (unpaired) electrons. The molecule has 0 aliphatic heterocycles. The summed E-state index contributed by atoms with van der Waals surface area (Å²) < 4.78 is 1.57. The van der Waals surface area contributed by atoms with Crippen molar-refractivity contribution >= 4 is 44.8 Å². The van der Waals surface area contributed by atoms with E-state index in [1.165, 1.54) is 11.3 Å². The van der Waals surface area contributed by atoms with Gasteiger partial charge in [0.2, 0.25) is 0 Å². The minimum Gasteiger partial charge on any atom is -0.334 e. The van der Waals surface area contributed by atoms with Crippen LogP contribution in [0.25, 0.3) is 0 Å². The van der Waals surface area contributed by atoms with Gasteiger partial charge in [-0.2, -0.15) is 0 Å². The maximum Gasteiger partial charge on any atom is 0.255 e. The Hall–Kier alpha value is -0.840. The monoisotopic (exact) mass is 357 g/mol. The van der Waals surface area contributed by atoms with Gasteiger partial charge in [-0.15, -0.1) is 11.3 Å². The van der Waals surface area contributed by atoms with Crippen LogP contribution in [0.15, 0.2) is 40.9 Å². The van der Waals surface area contributed by atoms with Gasteiger partial charge in [0, 0.05) is 15.9 Å². The summed E-state index contributed by atoms with van der Waals surface area (Å²) >= 11 is 10.8. The normalized spacial score (nSPS) is 10.5. The fraction of sp³-hybridized carbons (Fsp3) is 0.214. The zero-order valence-corrected chi connectivity index (χ0v) is 13.6. The first-order valence-corrected chi connectivity index (χ1v) is 7.88. The van der Waals surface area contributed by atoms with E-state index < -0.39 is 0 Å². The molecule has 100 valence electrons. The molecular weight excluding hydrogens is 346 g/mol. The van der Waals surface area contributed by atoms with Crippen molar-refractivity contribution in [2.75, 3.05) is 6.54 Å². The zero-order valence-electron chi connectivity index (χ0n) is 10.4. The molecule has 0 spiro atoms. The average Bonchev–Trinajstić information content (AvgIpc) is 2.81. The highest BCUT2D eigenvalue weighted by Crippen LogP contribution is 2.24. The van der Waals surface area contributed by atoms with E-state index in [0.717, 1.165) is 13.7 Å². The van der Waals surface area contributed by atoms with Crippen LogP contribution >= 0.6 is 38.9 Å². The molecule has 0 atom stereocenters. The Kier molecular flexibility index (Phi) is 5.02. The van der Waals surface area contributed by atoms with E-state index in [1.54, 1.807) is 0 Å². The summed E-state index contributed by atoms with van der Waals surface area (Å²) in [4.78, 5) is 15.4. The largest absolute Gasteiger partial charge is 0.334 e. The lowest BCUT2D eigenvalue weighted by Crippen LogP contribution is -2.30. The molecule has 1 amide bonds. The minimum atomic E-state index is 0.0273. The van der Waals surface area contributed by atoms with Crippen LogP contribution in [0.5, 0.6) is 0 Å². The Morgan fingerprint density at radius 2 is 2.05 bits per heavy atom. The van der Waals surface area contributed by atoms with E-state index >= 15 is 0 Å². The minimum absolute atomic E-state index is 0.0273. The van der Waals surface area contributed by atoms with Crippen molar-refractivity contribution in [1.82, 2.24) is 4.90 Å². The van der Waals surface area contributed by atoms with Crippen molar-refractivity contribution in [3.8, 4) is 0 Å². The molecule has 0 bridgehead atoms. The lowest BCUT2D eigenvalue weighted by atomic mass is 10.2. The topological polar surface area (TPSA) is 20.3 Å². The van der Waals surface area contributed by atoms with Gasteiger partial charge in [0.25, 0.3) is 5.91 Å². The second-order valence-corrected chi connectivity index (χ2v) is 6.66. The standard InChI is InChI=1S/C14H13BrClNOS/c1-2-17(9-10-7-8-13(16)19-10)14(18)11-5-3-4-6-12(11)15/h3-8H,2,9H2,1H3. The van der Waals surface area contributed by atoms with Crippen LogP contribution in [0.3, 0.4) is 0 Å². The lowest BCUT2D eigenvalue weighted by molar-refractivity contribution is 0.0753. The Balaban J connectivity index is 2.18. The molecule has 0 aliphatic rings. The highest BCUT2D eigenvalue weighted by Gasteiger charge is 2.17. The van der Waals surface area contributed by atoms with Gasteiger partial charge in [-0.05, 0) is 47.1 Å². The van der Waals surface area contributed by atoms with Gasteiger partial charge in [0.05, 0.1) is 16.4 Å². The summed E-state index contributed by atoms with van der Waals surface area (Å²) in [6, 6.07) is 11.3. The molecule has 19 heavy (non-hydrogen) atoms. The van der Waals surface area contributed by atoms with Crippen molar-refractivity contribution in [2.45, 2.75) is 13.5 Å². The second-order valence-electron chi connectivity index (χ2n) is 4.00. The van der Waals surface area contributed by atoms with E-state index in [-0.39, 0.29) is 5.91 Å². The number of amides is 1. The molecule has 0 N–H and O–H groups in total. The molecule has 2 aromatic rings. The quantitative estimate of drug-likeness (QED) is 0.767. The van der Waals surface area contributed by atoms with Crippen LogP contribution in [-0.4, -0.2) is 17.4 Å². The van der Waals surface area contributed by atoms with Crippen LogP contribution in [0.2, 0.25) is 4.34 Å². The highest BCUT2D eigenvalue weighted by atomic mass is 79.9. The Morgan fingerprint density at radius 3 is 2.63 bits per heavy atom. The number of benzene rings is 1. The molecule has 1 heterocycles. The van der Waals surface area contributed by atoms with E-state index in [0.29, 0.717) is 18.7 Å². The average molecular weight is 359 g/mol. The van der Waals surface area contributed by atoms with E-state index in [2.05, 4.69) is 15.9 Å². The molecular formula is C14H13BrClNOS. The van der Waals surface area contributed by atoms with Crippen molar-refractivity contribution in [3.05, 3.63) is 55.6 Å². The predicted octanol–water partition coefficient (Wildman–Crippen LogP) is 4.83. The van der Waals surface area contributed by atoms with Gasteiger partial charge >= 0.3 is 0 Å². The Labute approximate surface area is 130 Å². The van der Waals surface area contributed by atoms with Crippen molar-refractivity contribution in [2.24, 2.45) is 0 Å². The van der Waals surface area contributed by atoms with E-state index in [9.17, 15) is 4.79 Å². The smallest absolute Gasteiger partial charge is 0.255 e. The van der Waals surface area contributed by atoms with Gasteiger partial charge in [-0.1, -0.05) is 23.7 Å². The first-order chi connectivity index (χ1) is 9.11. The number of hydrogen-bond donors (Lipinski definition) is 0. The molecule has 2 rings (SSSR count). The van der Waals surface area contributed by atoms with Crippen LogP contribution in [0, 0.1) is 0 Å². The maximum absolute atomic E-state index is 12.5. The van der Waals surface area contributed by atoms with E-state index in [4.69, 9.17) is 11.6 Å². The number of carbonyl (C=O) groups excluding carboxylic acids is 1. The Morgan fingerprint density at radius 1 is 1.32 bits per heavy atom. The summed E-state index contributed by atoms with van der Waals surface area (Å²) in [5.41, 5.74) is 0.687. The molecule has 1 aromatic carbocycles. The second kappa shape index (κ2) is 6.55. The third-order valence-electron chi connectivity index (χ3n) is 2.75. The van der Waals surface area contributed by atoms with Crippen molar-refractivity contribution in [1.29, 1.82) is 0 Å². The number of hydrogen-bond acceptors (Lipinski definition) is 2. The zero-order chi connectivity index (χ0) is 13.8. The van der Waals surface area contributed by atoms with Crippen LogP contribution in [-0.2, 0) is 6.54 Å². The maximum atomic E-state index is 12.5. The molecule has 2 nitrogen and oxygen atoms in total. The van der Waals surface area contributed by atoms with Crippen LogP contribution in [0.4, 0.5) is 0 Å². The summed E-state index contributed by atoms with van der Waals surface area (Å²) in [5, 5.41) is 0. The van der Waals surface area contributed by atoms with Crippen LogP contribution < -0.4 is 0 Å². The molecule has 0 saturated heterocycles. The third kappa shape index (κ3) is 3.59. The summed E-state index contributed by atoms with van der Waals surface area (Å²) in [5.74, 6) is 0.0273. The molecule has 0 saturated carbocycles. The Bertz CT molecular complexity index is 584. The van der Waals surface area contributed by atoms with Crippen LogP contribution in [0.1, 0.15) is 22.2 Å². The highest BCUT2D eigenvalue weighted by molar-refractivity contribution is 9.10. The summed E-state index contributed by atoms with van der Waals surface area (Å²) in [6.45, 7) is 3.23. The van der Waals surface area contributed by atoms with Gasteiger partial charge in [0.1, 0.15) is 0 Å². The number of thiophene rings is 1. The lowest BCUT2D eigenvalue weighted by Gasteiger charge is -2.20. The van der Waals surface area contributed by atoms with Gasteiger partial charge in [0.15, 0.2) is 0 Å². The fourth-order valence-electron chi connectivity index (χ4n) is 1.76. The van der Waals surface area contributed by atoms with Crippen molar-refractivity contribution in [3.63, 3.8) is 0 Å². The number of rotatable bonds is 4. The number of carbonyl (C=O) groups is 1.